The van der Waals surface area contributed by atoms with E-state index in [1.807, 2.05) is 6.92 Å². The molecule has 3 rings (SSSR count). The van der Waals surface area contributed by atoms with Gasteiger partial charge in [0.25, 0.3) is 0 Å². The van der Waals surface area contributed by atoms with Gasteiger partial charge >= 0.3 is 6.09 Å². The fourth-order valence-corrected chi connectivity index (χ4v) is 2.72. The summed E-state index contributed by atoms with van der Waals surface area (Å²) in [6, 6.07) is 7.83. The number of benzene rings is 1. The predicted octanol–water partition coefficient (Wildman–Crippen LogP) is 4.02. The molecule has 1 amide bonds. The number of aryl methyl sites for hydroxylation is 1. The molecule has 1 aromatic heterocycles. The minimum atomic E-state index is -0.617. The maximum absolute atomic E-state index is 14.4. The van der Waals surface area contributed by atoms with Crippen molar-refractivity contribution in [3.05, 3.63) is 47.4 Å². The first-order valence-electron chi connectivity index (χ1n) is 9.08. The van der Waals surface area contributed by atoms with Gasteiger partial charge in [-0.1, -0.05) is 0 Å². The van der Waals surface area contributed by atoms with Crippen molar-refractivity contribution >= 4 is 6.09 Å². The summed E-state index contributed by atoms with van der Waals surface area (Å²) in [5, 5.41) is 7.87. The van der Waals surface area contributed by atoms with E-state index in [0.29, 0.717) is 23.7 Å². The van der Waals surface area contributed by atoms with Gasteiger partial charge in [-0.3, -0.25) is 0 Å². The Kier molecular flexibility index (Phi) is 5.79. The van der Waals surface area contributed by atoms with Crippen LogP contribution in [0.15, 0.2) is 30.3 Å². The maximum Gasteiger partial charge on any atom is 0.410 e. The zero-order valence-corrected chi connectivity index (χ0v) is 16.4. The minimum absolute atomic E-state index is 0.194. The second-order valence-corrected chi connectivity index (χ2v) is 7.58. The molecule has 2 heterocycles. The highest BCUT2D eigenvalue weighted by Gasteiger charge is 2.30. The lowest BCUT2D eigenvalue weighted by molar-refractivity contribution is -0.0444. The summed E-state index contributed by atoms with van der Waals surface area (Å²) in [4.78, 5) is 13.9. The molecule has 1 aliphatic rings. The van der Waals surface area contributed by atoms with E-state index in [-0.39, 0.29) is 13.2 Å². The molecule has 0 aliphatic carbocycles. The number of halogens is 1. The van der Waals surface area contributed by atoms with E-state index in [0.717, 1.165) is 5.69 Å². The minimum Gasteiger partial charge on any atom is -0.444 e. The molecule has 0 saturated carbocycles. The first-order valence-corrected chi connectivity index (χ1v) is 9.08. The van der Waals surface area contributed by atoms with Gasteiger partial charge in [-0.05, 0) is 52.0 Å². The summed E-state index contributed by atoms with van der Waals surface area (Å²) in [6.45, 7) is 8.11. The van der Waals surface area contributed by atoms with Crippen molar-refractivity contribution in [2.45, 2.75) is 39.4 Å². The number of hydrogen-bond acceptors (Lipinski definition) is 6. The highest BCUT2D eigenvalue weighted by Crippen LogP contribution is 2.30. The van der Waals surface area contributed by atoms with Crippen molar-refractivity contribution in [1.29, 1.82) is 0 Å². The number of rotatable bonds is 3. The first kappa shape index (κ1) is 20.0. The van der Waals surface area contributed by atoms with E-state index in [4.69, 9.17) is 14.2 Å². The fourth-order valence-electron chi connectivity index (χ4n) is 2.72. The highest BCUT2D eigenvalue weighted by molar-refractivity contribution is 5.68. The lowest BCUT2D eigenvalue weighted by Gasteiger charge is -2.34. The van der Waals surface area contributed by atoms with Gasteiger partial charge in [-0.2, -0.15) is 5.10 Å². The summed E-state index contributed by atoms with van der Waals surface area (Å²) in [6.07, 6.45) is -1.06. The molecule has 1 aliphatic heterocycles. The van der Waals surface area contributed by atoms with Gasteiger partial charge in [0.1, 0.15) is 23.3 Å². The molecule has 1 aromatic carbocycles. The Balaban J connectivity index is 1.74. The monoisotopic (exact) mass is 389 g/mol. The number of carbonyl (C=O) groups excluding carboxylic acids is 1. The molecule has 2 aromatic rings. The number of amides is 1. The van der Waals surface area contributed by atoms with Crippen LogP contribution in [0.2, 0.25) is 0 Å². The predicted molar refractivity (Wildman–Crippen MR) is 99.7 cm³/mol. The largest absolute Gasteiger partial charge is 0.444 e. The molecule has 0 N–H and O–H groups in total. The summed E-state index contributed by atoms with van der Waals surface area (Å²) >= 11 is 0. The van der Waals surface area contributed by atoms with Crippen LogP contribution in [0.25, 0.3) is 0 Å². The SMILES string of the molecule is Cc1ccc(Oc2ccc(F)c([C@@H]3CN(C(=O)OC(C)(C)C)CCO3)c2)nn1. The summed E-state index contributed by atoms with van der Waals surface area (Å²) < 4.78 is 31.2. The molecule has 7 nitrogen and oxygen atoms in total. The van der Waals surface area contributed by atoms with Gasteiger partial charge in [-0.25, -0.2) is 9.18 Å². The first-order chi connectivity index (χ1) is 13.2. The normalized spacial score (nSPS) is 17.3. The zero-order valence-electron chi connectivity index (χ0n) is 16.4. The number of aromatic nitrogens is 2. The van der Waals surface area contributed by atoms with Crippen molar-refractivity contribution in [3.63, 3.8) is 0 Å². The topological polar surface area (TPSA) is 73.8 Å². The van der Waals surface area contributed by atoms with Gasteiger partial charge in [0.15, 0.2) is 0 Å². The van der Waals surface area contributed by atoms with E-state index in [2.05, 4.69) is 10.2 Å². The van der Waals surface area contributed by atoms with Gasteiger partial charge in [0.2, 0.25) is 5.88 Å². The number of ether oxygens (including phenoxy) is 3. The standard InChI is InChI=1S/C20H24FN3O4/c1-13-5-8-18(23-22-13)27-14-6-7-16(21)15(11-14)17-12-24(9-10-26-17)19(25)28-20(2,3)4/h5-8,11,17H,9-10,12H2,1-4H3/t17-/m0/s1. The highest BCUT2D eigenvalue weighted by atomic mass is 19.1. The van der Waals surface area contributed by atoms with Crippen molar-refractivity contribution in [3.8, 4) is 11.6 Å². The average Bonchev–Trinajstić information content (AvgIpc) is 2.64. The second-order valence-electron chi connectivity index (χ2n) is 7.58. The van der Waals surface area contributed by atoms with Crippen molar-refractivity contribution in [2.75, 3.05) is 19.7 Å². The van der Waals surface area contributed by atoms with Crippen LogP contribution in [0.1, 0.15) is 38.1 Å². The van der Waals surface area contributed by atoms with E-state index in [1.54, 1.807) is 39.0 Å². The third-order valence-electron chi connectivity index (χ3n) is 4.03. The number of carbonyl (C=O) groups is 1. The second kappa shape index (κ2) is 8.10. The van der Waals surface area contributed by atoms with Crippen LogP contribution in [0.4, 0.5) is 9.18 Å². The van der Waals surface area contributed by atoms with Crippen molar-refractivity contribution < 1.29 is 23.4 Å². The zero-order chi connectivity index (χ0) is 20.3. The van der Waals surface area contributed by atoms with E-state index < -0.39 is 23.6 Å². The van der Waals surface area contributed by atoms with E-state index in [1.165, 1.54) is 17.0 Å². The van der Waals surface area contributed by atoms with Crippen LogP contribution in [0.3, 0.4) is 0 Å². The summed E-state index contributed by atoms with van der Waals surface area (Å²) in [5.74, 6) is 0.286. The van der Waals surface area contributed by atoms with Crippen LogP contribution in [-0.4, -0.2) is 46.5 Å². The average molecular weight is 389 g/mol. The lowest BCUT2D eigenvalue weighted by Crippen LogP contribution is -2.44. The molecule has 0 spiro atoms. The van der Waals surface area contributed by atoms with Gasteiger partial charge in [0.05, 0.1) is 18.8 Å². The molecule has 0 bridgehead atoms. The van der Waals surface area contributed by atoms with Crippen LogP contribution < -0.4 is 4.74 Å². The van der Waals surface area contributed by atoms with Crippen LogP contribution in [-0.2, 0) is 9.47 Å². The van der Waals surface area contributed by atoms with E-state index in [9.17, 15) is 9.18 Å². The van der Waals surface area contributed by atoms with Crippen LogP contribution >= 0.6 is 0 Å². The van der Waals surface area contributed by atoms with Crippen LogP contribution in [0, 0.1) is 12.7 Å². The molecule has 0 unspecified atom stereocenters. The number of hydrogen-bond donors (Lipinski definition) is 0. The number of nitrogens with zero attached hydrogens (tertiary/aromatic N) is 3. The maximum atomic E-state index is 14.4. The lowest BCUT2D eigenvalue weighted by atomic mass is 10.1. The molecule has 8 heteroatoms. The third-order valence-corrected chi connectivity index (χ3v) is 4.03. The molecular formula is C20H24FN3O4. The Labute approximate surface area is 163 Å². The van der Waals surface area contributed by atoms with Gasteiger partial charge in [-0.15, -0.1) is 5.10 Å². The van der Waals surface area contributed by atoms with Crippen LogP contribution in [0.5, 0.6) is 11.6 Å². The molecule has 0 radical (unpaired) electrons. The fraction of sp³-hybridized carbons (Fsp3) is 0.450. The van der Waals surface area contributed by atoms with E-state index >= 15 is 0 Å². The molecule has 150 valence electrons. The van der Waals surface area contributed by atoms with Gasteiger partial charge < -0.3 is 19.1 Å². The Hall–Kier alpha value is -2.74. The summed E-state index contributed by atoms with van der Waals surface area (Å²) in [5.41, 5.74) is 0.481. The molecule has 1 saturated heterocycles. The smallest absolute Gasteiger partial charge is 0.410 e. The molecular weight excluding hydrogens is 365 g/mol. The third kappa shape index (κ3) is 5.16. The van der Waals surface area contributed by atoms with Crippen molar-refractivity contribution in [1.82, 2.24) is 15.1 Å². The Morgan fingerprint density at radius 2 is 2.04 bits per heavy atom. The molecule has 1 fully saturated rings. The quantitative estimate of drug-likeness (QED) is 0.789. The van der Waals surface area contributed by atoms with Crippen molar-refractivity contribution in [2.24, 2.45) is 0 Å². The Morgan fingerprint density at radius 3 is 2.71 bits per heavy atom. The Bertz CT molecular complexity index is 836. The molecule has 1 atom stereocenters. The number of morpholine rings is 1. The Morgan fingerprint density at radius 1 is 1.25 bits per heavy atom. The summed E-state index contributed by atoms with van der Waals surface area (Å²) in [7, 11) is 0. The van der Waals surface area contributed by atoms with Gasteiger partial charge in [0, 0.05) is 18.2 Å². The molecule has 28 heavy (non-hydrogen) atoms.